The summed E-state index contributed by atoms with van der Waals surface area (Å²) in [5.41, 5.74) is 6.22. The van der Waals surface area contributed by atoms with Crippen LogP contribution in [0.5, 0.6) is 0 Å². The van der Waals surface area contributed by atoms with Gasteiger partial charge in [-0.2, -0.15) is 5.10 Å². The number of aromatic nitrogens is 2. The van der Waals surface area contributed by atoms with Crippen molar-refractivity contribution in [3.8, 4) is 0 Å². The van der Waals surface area contributed by atoms with Crippen LogP contribution in [0.3, 0.4) is 0 Å². The van der Waals surface area contributed by atoms with Crippen molar-refractivity contribution in [1.29, 1.82) is 0 Å². The molecule has 1 amide bonds. The number of nitrogens with one attached hydrogen (secondary N) is 1. The molecular formula is C10H18N4O. The van der Waals surface area contributed by atoms with Gasteiger partial charge in [-0.05, 0) is 13.3 Å². The Bertz CT molecular complexity index is 317. The van der Waals surface area contributed by atoms with Gasteiger partial charge >= 0.3 is 0 Å². The van der Waals surface area contributed by atoms with E-state index < -0.39 is 0 Å². The van der Waals surface area contributed by atoms with Crippen LogP contribution in [0, 0.1) is 5.92 Å². The largest absolute Gasteiger partial charge is 0.330 e. The van der Waals surface area contributed by atoms with E-state index in [1.165, 1.54) is 0 Å². The second kappa shape index (κ2) is 5.50. The van der Waals surface area contributed by atoms with E-state index in [1.54, 1.807) is 17.1 Å². The fourth-order valence-electron chi connectivity index (χ4n) is 1.30. The van der Waals surface area contributed by atoms with Gasteiger partial charge in [0.1, 0.15) is 0 Å². The summed E-state index contributed by atoms with van der Waals surface area (Å²) in [6, 6.07) is 0. The van der Waals surface area contributed by atoms with Crippen LogP contribution in [0.1, 0.15) is 20.3 Å². The zero-order chi connectivity index (χ0) is 11.3. The van der Waals surface area contributed by atoms with Crippen LogP contribution in [0.2, 0.25) is 0 Å². The van der Waals surface area contributed by atoms with Crippen molar-refractivity contribution in [2.75, 3.05) is 11.9 Å². The van der Waals surface area contributed by atoms with Gasteiger partial charge in [-0.25, -0.2) is 0 Å². The van der Waals surface area contributed by atoms with Gasteiger partial charge in [0.25, 0.3) is 0 Å². The molecule has 0 aromatic carbocycles. The van der Waals surface area contributed by atoms with Gasteiger partial charge in [-0.1, -0.05) is 6.92 Å². The van der Waals surface area contributed by atoms with E-state index in [9.17, 15) is 4.79 Å². The number of hydrogen-bond acceptors (Lipinski definition) is 3. The number of nitrogens with two attached hydrogens (primary N) is 1. The van der Waals surface area contributed by atoms with Crippen molar-refractivity contribution in [2.24, 2.45) is 11.7 Å². The summed E-state index contributed by atoms with van der Waals surface area (Å²) in [6.07, 6.45) is 4.20. The molecule has 15 heavy (non-hydrogen) atoms. The third-order valence-corrected chi connectivity index (χ3v) is 2.37. The molecule has 0 aliphatic carbocycles. The number of nitrogens with zero attached hydrogens (tertiary/aromatic N) is 2. The topological polar surface area (TPSA) is 72.9 Å². The minimum atomic E-state index is -0.116. The number of hydrogen-bond donors (Lipinski definition) is 2. The van der Waals surface area contributed by atoms with Crippen LogP contribution in [-0.2, 0) is 11.3 Å². The van der Waals surface area contributed by atoms with Crippen molar-refractivity contribution in [3.63, 3.8) is 0 Å². The van der Waals surface area contributed by atoms with Gasteiger partial charge in [0, 0.05) is 19.3 Å². The Hall–Kier alpha value is -1.36. The van der Waals surface area contributed by atoms with Gasteiger partial charge in [0.05, 0.1) is 17.8 Å². The maximum atomic E-state index is 11.6. The van der Waals surface area contributed by atoms with Gasteiger partial charge in [0.15, 0.2) is 0 Å². The monoisotopic (exact) mass is 210 g/mol. The molecule has 1 aromatic heterocycles. The van der Waals surface area contributed by atoms with E-state index in [-0.39, 0.29) is 11.8 Å². The van der Waals surface area contributed by atoms with E-state index in [4.69, 9.17) is 5.73 Å². The molecule has 0 saturated heterocycles. The highest BCUT2D eigenvalue weighted by Crippen LogP contribution is 2.08. The molecule has 0 aliphatic heterocycles. The van der Waals surface area contributed by atoms with Crippen LogP contribution in [0.4, 0.5) is 5.69 Å². The van der Waals surface area contributed by atoms with Crippen LogP contribution >= 0.6 is 0 Å². The first kappa shape index (κ1) is 11.7. The smallest absolute Gasteiger partial charge is 0.228 e. The summed E-state index contributed by atoms with van der Waals surface area (Å²) in [5.74, 6) is -0.148. The van der Waals surface area contributed by atoms with Crippen LogP contribution in [-0.4, -0.2) is 22.2 Å². The normalized spacial score (nSPS) is 12.5. The zero-order valence-electron chi connectivity index (χ0n) is 9.23. The molecule has 5 heteroatoms. The lowest BCUT2D eigenvalue weighted by atomic mass is 10.1. The Balaban J connectivity index is 2.57. The molecule has 3 N–H and O–H groups in total. The lowest BCUT2D eigenvalue weighted by Crippen LogP contribution is -2.28. The minimum Gasteiger partial charge on any atom is -0.330 e. The summed E-state index contributed by atoms with van der Waals surface area (Å²) in [5, 5.41) is 6.87. The molecule has 0 fully saturated rings. The molecule has 5 nitrogen and oxygen atoms in total. The Kier molecular flexibility index (Phi) is 4.30. The van der Waals surface area contributed by atoms with E-state index in [2.05, 4.69) is 10.4 Å². The molecule has 0 aliphatic rings. The summed E-state index contributed by atoms with van der Waals surface area (Å²) in [6.45, 7) is 5.12. The Morgan fingerprint density at radius 3 is 2.87 bits per heavy atom. The Morgan fingerprint density at radius 2 is 2.40 bits per heavy atom. The van der Waals surface area contributed by atoms with Gasteiger partial charge in [-0.3, -0.25) is 9.48 Å². The van der Waals surface area contributed by atoms with E-state index in [0.29, 0.717) is 6.54 Å². The number of anilines is 1. The molecule has 1 atom stereocenters. The van der Waals surface area contributed by atoms with Gasteiger partial charge in [-0.15, -0.1) is 0 Å². The predicted octanol–water partition coefficient (Wildman–Crippen LogP) is 0.826. The van der Waals surface area contributed by atoms with Crippen LogP contribution < -0.4 is 11.1 Å². The summed E-state index contributed by atoms with van der Waals surface area (Å²) in [4.78, 5) is 11.6. The molecule has 1 unspecified atom stereocenters. The third kappa shape index (κ3) is 3.06. The quantitative estimate of drug-likeness (QED) is 0.756. The summed E-state index contributed by atoms with van der Waals surface area (Å²) >= 11 is 0. The highest BCUT2D eigenvalue weighted by molar-refractivity contribution is 5.92. The molecule has 1 rings (SSSR count). The SMILES string of the molecule is CCC(CN)C(=O)Nc1cnn(CC)c1. The molecule has 1 heterocycles. The minimum absolute atomic E-state index is 0.0318. The molecule has 0 spiro atoms. The van der Waals surface area contributed by atoms with Crippen molar-refractivity contribution in [1.82, 2.24) is 9.78 Å². The molecule has 0 bridgehead atoms. The number of amides is 1. The molecule has 0 radical (unpaired) electrons. The zero-order valence-corrected chi connectivity index (χ0v) is 9.23. The van der Waals surface area contributed by atoms with Crippen LogP contribution in [0.25, 0.3) is 0 Å². The third-order valence-electron chi connectivity index (χ3n) is 2.37. The second-order valence-corrected chi connectivity index (χ2v) is 3.41. The predicted molar refractivity (Wildman–Crippen MR) is 59.4 cm³/mol. The number of carbonyl (C=O) groups excluding carboxylic acids is 1. The Labute approximate surface area is 89.6 Å². The lowest BCUT2D eigenvalue weighted by Gasteiger charge is -2.10. The van der Waals surface area contributed by atoms with E-state index in [1.807, 2.05) is 13.8 Å². The highest BCUT2D eigenvalue weighted by atomic mass is 16.1. The summed E-state index contributed by atoms with van der Waals surface area (Å²) in [7, 11) is 0. The molecule has 1 aromatic rings. The standard InChI is InChI=1S/C10H18N4O/c1-3-8(5-11)10(15)13-9-6-12-14(4-2)7-9/h6-8H,3-5,11H2,1-2H3,(H,13,15). The molecule has 84 valence electrons. The maximum absolute atomic E-state index is 11.6. The van der Waals surface area contributed by atoms with E-state index in [0.717, 1.165) is 18.7 Å². The van der Waals surface area contributed by atoms with Crippen LogP contribution in [0.15, 0.2) is 12.4 Å². The number of carbonyl (C=O) groups is 1. The van der Waals surface area contributed by atoms with Crippen molar-refractivity contribution in [3.05, 3.63) is 12.4 Å². The molecule has 0 saturated carbocycles. The molecular weight excluding hydrogens is 192 g/mol. The highest BCUT2D eigenvalue weighted by Gasteiger charge is 2.14. The van der Waals surface area contributed by atoms with Crippen molar-refractivity contribution >= 4 is 11.6 Å². The Morgan fingerprint density at radius 1 is 1.67 bits per heavy atom. The maximum Gasteiger partial charge on any atom is 0.228 e. The first-order valence-corrected chi connectivity index (χ1v) is 5.24. The summed E-state index contributed by atoms with van der Waals surface area (Å²) < 4.78 is 1.76. The number of rotatable bonds is 5. The fraction of sp³-hybridized carbons (Fsp3) is 0.600. The average Bonchev–Trinajstić information content (AvgIpc) is 2.67. The lowest BCUT2D eigenvalue weighted by molar-refractivity contribution is -0.119. The van der Waals surface area contributed by atoms with Gasteiger partial charge < -0.3 is 11.1 Å². The van der Waals surface area contributed by atoms with Crippen molar-refractivity contribution in [2.45, 2.75) is 26.8 Å². The fourth-order valence-corrected chi connectivity index (χ4v) is 1.30. The first-order valence-electron chi connectivity index (χ1n) is 5.24. The first-order chi connectivity index (χ1) is 7.21. The number of aryl methyl sites for hydroxylation is 1. The second-order valence-electron chi connectivity index (χ2n) is 3.41. The van der Waals surface area contributed by atoms with Crippen molar-refractivity contribution < 1.29 is 4.79 Å². The van der Waals surface area contributed by atoms with E-state index >= 15 is 0 Å². The average molecular weight is 210 g/mol. The van der Waals surface area contributed by atoms with Gasteiger partial charge in [0.2, 0.25) is 5.91 Å².